The Morgan fingerprint density at radius 1 is 1.00 bits per heavy atom. The highest BCUT2D eigenvalue weighted by atomic mass is 32.2. The molecule has 0 spiro atoms. The zero-order valence-corrected chi connectivity index (χ0v) is 13.9. The van der Waals surface area contributed by atoms with Gasteiger partial charge in [0, 0.05) is 23.1 Å². The Bertz CT molecular complexity index is 885. The topological polar surface area (TPSA) is 80.3 Å². The van der Waals surface area contributed by atoms with E-state index >= 15 is 0 Å². The molecule has 1 N–H and O–H groups in total. The van der Waals surface area contributed by atoms with E-state index in [9.17, 15) is 18.0 Å². The molecule has 0 saturated carbocycles. The van der Waals surface area contributed by atoms with Gasteiger partial charge in [-0.25, -0.2) is 8.42 Å². The van der Waals surface area contributed by atoms with Gasteiger partial charge in [0.2, 0.25) is 0 Å². The number of ketones is 1. The fourth-order valence-corrected chi connectivity index (χ4v) is 2.70. The quantitative estimate of drug-likeness (QED) is 0.874. The molecule has 1 amide bonds. The Morgan fingerprint density at radius 2 is 1.70 bits per heavy atom. The second-order valence-corrected chi connectivity index (χ2v) is 7.36. The Balaban J connectivity index is 2.33. The first-order chi connectivity index (χ1) is 10.7. The predicted octanol–water partition coefficient (Wildman–Crippen LogP) is 2.85. The lowest BCUT2D eigenvalue weighted by Gasteiger charge is -2.10. The van der Waals surface area contributed by atoms with E-state index in [1.54, 1.807) is 18.2 Å². The van der Waals surface area contributed by atoms with Crippen LogP contribution in [0, 0.1) is 6.92 Å². The molecule has 120 valence electrons. The summed E-state index contributed by atoms with van der Waals surface area (Å²) >= 11 is 0. The molecule has 2 aromatic rings. The molecule has 0 radical (unpaired) electrons. The zero-order chi connectivity index (χ0) is 17.2. The van der Waals surface area contributed by atoms with Crippen molar-refractivity contribution in [3.8, 4) is 0 Å². The molecular formula is C17H17NO4S. The largest absolute Gasteiger partial charge is 0.322 e. The average molecular weight is 331 g/mol. The summed E-state index contributed by atoms with van der Waals surface area (Å²) in [6, 6.07) is 10.9. The summed E-state index contributed by atoms with van der Waals surface area (Å²) in [5.74, 6) is -0.529. The lowest BCUT2D eigenvalue weighted by Crippen LogP contribution is -2.14. The number of hydrogen-bond acceptors (Lipinski definition) is 4. The summed E-state index contributed by atoms with van der Waals surface area (Å²) in [6.45, 7) is 3.26. The van der Waals surface area contributed by atoms with Crippen LogP contribution in [0.3, 0.4) is 0 Å². The fourth-order valence-electron chi connectivity index (χ4n) is 2.04. The van der Waals surface area contributed by atoms with Gasteiger partial charge in [0.05, 0.1) is 4.90 Å². The van der Waals surface area contributed by atoms with Gasteiger partial charge in [-0.3, -0.25) is 9.59 Å². The number of carbonyl (C=O) groups excluding carboxylic acids is 2. The first-order valence-corrected chi connectivity index (χ1v) is 8.80. The molecule has 2 rings (SSSR count). The number of anilines is 1. The summed E-state index contributed by atoms with van der Waals surface area (Å²) in [7, 11) is -3.38. The second-order valence-electron chi connectivity index (χ2n) is 5.34. The van der Waals surface area contributed by atoms with Crippen molar-refractivity contribution in [2.75, 3.05) is 11.6 Å². The van der Waals surface area contributed by atoms with E-state index in [0.29, 0.717) is 11.3 Å². The standard InChI is InChI=1S/C17H17NO4S/c1-11-7-8-13(12(2)19)10-16(11)18-17(20)14-5-4-6-15(9-14)23(3,21)22/h4-10H,1-3H3,(H,18,20). The van der Waals surface area contributed by atoms with Crippen LogP contribution in [0.2, 0.25) is 0 Å². The molecule has 0 atom stereocenters. The van der Waals surface area contributed by atoms with Gasteiger partial charge in [-0.15, -0.1) is 0 Å². The van der Waals surface area contributed by atoms with Crippen LogP contribution >= 0.6 is 0 Å². The fraction of sp³-hybridized carbons (Fsp3) is 0.176. The number of sulfone groups is 1. The van der Waals surface area contributed by atoms with Crippen LogP contribution in [0.5, 0.6) is 0 Å². The predicted molar refractivity (Wildman–Crippen MR) is 88.7 cm³/mol. The van der Waals surface area contributed by atoms with E-state index in [1.165, 1.54) is 31.2 Å². The van der Waals surface area contributed by atoms with Gasteiger partial charge in [-0.2, -0.15) is 0 Å². The van der Waals surface area contributed by atoms with Gasteiger partial charge in [0.1, 0.15) is 0 Å². The first kappa shape index (κ1) is 16.9. The number of benzene rings is 2. The molecule has 23 heavy (non-hydrogen) atoms. The van der Waals surface area contributed by atoms with Crippen molar-refractivity contribution >= 4 is 27.2 Å². The van der Waals surface area contributed by atoms with E-state index in [1.807, 2.05) is 6.92 Å². The molecule has 0 heterocycles. The third-order valence-corrected chi connectivity index (χ3v) is 4.53. The number of aryl methyl sites for hydroxylation is 1. The van der Waals surface area contributed by atoms with E-state index in [-0.39, 0.29) is 16.2 Å². The Morgan fingerprint density at radius 3 is 2.30 bits per heavy atom. The number of rotatable bonds is 4. The van der Waals surface area contributed by atoms with Crippen LogP contribution in [0.15, 0.2) is 47.4 Å². The van der Waals surface area contributed by atoms with Gasteiger partial charge in [0.15, 0.2) is 15.6 Å². The highest BCUT2D eigenvalue weighted by Gasteiger charge is 2.13. The number of hydrogen-bond donors (Lipinski definition) is 1. The SMILES string of the molecule is CC(=O)c1ccc(C)c(NC(=O)c2cccc(S(C)(=O)=O)c2)c1. The molecule has 0 unspecified atom stereocenters. The van der Waals surface area contributed by atoms with Crippen LogP contribution in [-0.2, 0) is 9.84 Å². The summed E-state index contributed by atoms with van der Waals surface area (Å²) < 4.78 is 23.1. The maximum absolute atomic E-state index is 12.3. The van der Waals surface area contributed by atoms with E-state index < -0.39 is 15.7 Å². The average Bonchev–Trinajstić information content (AvgIpc) is 2.48. The minimum absolute atomic E-state index is 0.0827. The molecule has 0 saturated heterocycles. The maximum atomic E-state index is 12.3. The van der Waals surface area contributed by atoms with Crippen LogP contribution in [0.25, 0.3) is 0 Å². The van der Waals surface area contributed by atoms with Gasteiger partial charge >= 0.3 is 0 Å². The Hall–Kier alpha value is -2.47. The molecule has 0 aliphatic heterocycles. The lowest BCUT2D eigenvalue weighted by atomic mass is 10.1. The monoisotopic (exact) mass is 331 g/mol. The van der Waals surface area contributed by atoms with Crippen molar-refractivity contribution in [2.24, 2.45) is 0 Å². The van der Waals surface area contributed by atoms with E-state index in [4.69, 9.17) is 0 Å². The van der Waals surface area contributed by atoms with Crippen LogP contribution < -0.4 is 5.32 Å². The minimum atomic E-state index is -3.38. The number of carbonyl (C=O) groups is 2. The zero-order valence-electron chi connectivity index (χ0n) is 13.1. The Kier molecular flexibility index (Phi) is 4.65. The van der Waals surface area contributed by atoms with Crippen molar-refractivity contribution in [3.05, 3.63) is 59.2 Å². The summed E-state index contributed by atoms with van der Waals surface area (Å²) in [5, 5.41) is 2.71. The Labute approximate surface area is 135 Å². The van der Waals surface area contributed by atoms with Crippen molar-refractivity contribution in [1.29, 1.82) is 0 Å². The van der Waals surface area contributed by atoms with Gasteiger partial charge in [-0.1, -0.05) is 18.2 Å². The van der Waals surface area contributed by atoms with Crippen molar-refractivity contribution < 1.29 is 18.0 Å². The third kappa shape index (κ3) is 4.04. The highest BCUT2D eigenvalue weighted by Crippen LogP contribution is 2.19. The van der Waals surface area contributed by atoms with Crippen molar-refractivity contribution in [2.45, 2.75) is 18.7 Å². The van der Waals surface area contributed by atoms with Crippen LogP contribution in [0.1, 0.15) is 33.2 Å². The minimum Gasteiger partial charge on any atom is -0.322 e. The van der Waals surface area contributed by atoms with E-state index in [2.05, 4.69) is 5.32 Å². The van der Waals surface area contributed by atoms with Crippen LogP contribution in [0.4, 0.5) is 5.69 Å². The third-order valence-electron chi connectivity index (χ3n) is 3.42. The number of amides is 1. The van der Waals surface area contributed by atoms with Crippen molar-refractivity contribution in [3.63, 3.8) is 0 Å². The molecule has 0 aliphatic rings. The number of nitrogens with one attached hydrogen (secondary N) is 1. The molecule has 5 nitrogen and oxygen atoms in total. The number of Topliss-reactive ketones (excluding diaryl/α,β-unsaturated/α-hetero) is 1. The van der Waals surface area contributed by atoms with Gasteiger partial charge in [0.25, 0.3) is 5.91 Å². The van der Waals surface area contributed by atoms with Gasteiger partial charge in [-0.05, 0) is 43.7 Å². The summed E-state index contributed by atoms with van der Waals surface area (Å²) in [4.78, 5) is 23.9. The molecule has 0 aliphatic carbocycles. The highest BCUT2D eigenvalue weighted by molar-refractivity contribution is 7.90. The summed E-state index contributed by atoms with van der Waals surface area (Å²) in [5.41, 5.74) is 2.06. The molecule has 6 heteroatoms. The first-order valence-electron chi connectivity index (χ1n) is 6.91. The summed E-state index contributed by atoms with van der Waals surface area (Å²) in [6.07, 6.45) is 1.09. The van der Waals surface area contributed by atoms with Crippen LogP contribution in [-0.4, -0.2) is 26.4 Å². The normalized spacial score (nSPS) is 11.1. The molecular weight excluding hydrogens is 314 g/mol. The maximum Gasteiger partial charge on any atom is 0.255 e. The molecule has 2 aromatic carbocycles. The smallest absolute Gasteiger partial charge is 0.255 e. The lowest BCUT2D eigenvalue weighted by molar-refractivity contribution is 0.101. The second kappa shape index (κ2) is 6.34. The van der Waals surface area contributed by atoms with Crippen molar-refractivity contribution in [1.82, 2.24) is 0 Å². The molecule has 0 fully saturated rings. The molecule has 0 bridgehead atoms. The molecule has 0 aromatic heterocycles. The van der Waals surface area contributed by atoms with E-state index in [0.717, 1.165) is 11.8 Å². The van der Waals surface area contributed by atoms with Gasteiger partial charge < -0.3 is 5.32 Å².